The summed E-state index contributed by atoms with van der Waals surface area (Å²) < 4.78 is 45.8. The molecule has 1 saturated heterocycles. The lowest BCUT2D eigenvalue weighted by atomic mass is 9.96. The first-order chi connectivity index (χ1) is 22.7. The number of hydrogen-bond donors (Lipinski definition) is 1. The number of methoxy groups -OCH3 is 3. The van der Waals surface area contributed by atoms with E-state index in [1.807, 2.05) is 57.2 Å². The Hall–Kier alpha value is -2.93. The number of aliphatic hydroxyl groups is 1. The van der Waals surface area contributed by atoms with Crippen LogP contribution in [0.25, 0.3) is 0 Å². The van der Waals surface area contributed by atoms with Crippen LogP contribution in [0.2, 0.25) is 25.7 Å². The van der Waals surface area contributed by atoms with Crippen LogP contribution in [0.3, 0.4) is 0 Å². The van der Waals surface area contributed by atoms with Crippen molar-refractivity contribution in [1.29, 1.82) is 0 Å². The van der Waals surface area contributed by atoms with Crippen molar-refractivity contribution in [2.75, 3.05) is 34.7 Å². The van der Waals surface area contributed by atoms with Gasteiger partial charge in [0.05, 0.1) is 39.6 Å². The van der Waals surface area contributed by atoms with E-state index in [0.717, 1.165) is 22.9 Å². The molecule has 0 bridgehead atoms. The molecule has 0 spiro atoms. The molecule has 1 heterocycles. The summed E-state index contributed by atoms with van der Waals surface area (Å²) >= 11 is 0. The lowest BCUT2D eigenvalue weighted by molar-refractivity contribution is -0.152. The Labute approximate surface area is 287 Å². The third-order valence-corrected chi connectivity index (χ3v) is 9.71. The quantitative estimate of drug-likeness (QED) is 0.0680. The minimum absolute atomic E-state index is 0.0230. The Morgan fingerprint density at radius 2 is 1.75 bits per heavy atom. The number of rotatable bonds is 20. The minimum Gasteiger partial charge on any atom is -0.497 e. The molecule has 1 fully saturated rings. The summed E-state index contributed by atoms with van der Waals surface area (Å²) in [4.78, 5) is 13.4. The lowest BCUT2D eigenvalue weighted by Gasteiger charge is -2.21. The first-order valence-corrected chi connectivity index (χ1v) is 20.4. The van der Waals surface area contributed by atoms with Crippen molar-refractivity contribution in [3.63, 3.8) is 0 Å². The van der Waals surface area contributed by atoms with Gasteiger partial charge in [-0.15, -0.1) is 0 Å². The molecule has 10 nitrogen and oxygen atoms in total. The molecule has 0 aliphatic carbocycles. The highest BCUT2D eigenvalue weighted by atomic mass is 28.3. The van der Waals surface area contributed by atoms with E-state index < -0.39 is 32.0 Å². The van der Waals surface area contributed by atoms with Crippen molar-refractivity contribution in [3.8, 4) is 17.2 Å². The van der Waals surface area contributed by atoms with Crippen LogP contribution in [-0.2, 0) is 36.7 Å². The number of benzene rings is 2. The molecule has 0 radical (unpaired) electrons. The van der Waals surface area contributed by atoms with Crippen molar-refractivity contribution >= 4 is 14.0 Å². The van der Waals surface area contributed by atoms with E-state index in [0.29, 0.717) is 56.0 Å². The summed E-state index contributed by atoms with van der Waals surface area (Å²) in [5.41, 5.74) is 2.18. The fraction of sp³-hybridized carbons (Fsp3) is 0.595. The van der Waals surface area contributed by atoms with Gasteiger partial charge in [0, 0.05) is 21.3 Å². The van der Waals surface area contributed by atoms with E-state index in [1.54, 1.807) is 26.4 Å². The van der Waals surface area contributed by atoms with Gasteiger partial charge in [-0.3, -0.25) is 0 Å². The molecule has 1 unspecified atom stereocenters. The molecule has 4 atom stereocenters. The van der Waals surface area contributed by atoms with E-state index in [4.69, 9.17) is 37.9 Å². The van der Waals surface area contributed by atoms with Gasteiger partial charge in [-0.2, -0.15) is 0 Å². The second-order valence-corrected chi connectivity index (χ2v) is 19.4. The summed E-state index contributed by atoms with van der Waals surface area (Å²) in [6.45, 7) is 13.2. The molecular formula is C37H56O10Si. The first kappa shape index (κ1) is 39.5. The number of carbonyl (C=O) groups is 1. The molecule has 48 heavy (non-hydrogen) atoms. The molecule has 2 aromatic carbocycles. The maximum Gasteiger partial charge on any atom is 0.342 e. The van der Waals surface area contributed by atoms with E-state index in [2.05, 4.69) is 19.6 Å². The van der Waals surface area contributed by atoms with Crippen LogP contribution in [0.4, 0.5) is 0 Å². The largest absolute Gasteiger partial charge is 0.497 e. The van der Waals surface area contributed by atoms with E-state index in [1.165, 1.54) is 7.11 Å². The molecule has 3 rings (SSSR count). The van der Waals surface area contributed by atoms with E-state index >= 15 is 0 Å². The van der Waals surface area contributed by atoms with Crippen LogP contribution < -0.4 is 14.2 Å². The van der Waals surface area contributed by atoms with Gasteiger partial charge in [0.2, 0.25) is 0 Å². The third kappa shape index (κ3) is 12.8. The molecule has 0 amide bonds. The molecule has 0 saturated carbocycles. The number of hydrogen-bond acceptors (Lipinski definition) is 10. The van der Waals surface area contributed by atoms with Crippen LogP contribution in [0, 0.1) is 0 Å². The third-order valence-electron chi connectivity index (χ3n) is 8.00. The number of carbonyl (C=O) groups excluding carboxylic acids is 1. The van der Waals surface area contributed by atoms with Crippen LogP contribution in [0.5, 0.6) is 17.2 Å². The summed E-state index contributed by atoms with van der Waals surface area (Å²) in [6.07, 6.45) is 4.27. The molecule has 1 aliphatic heterocycles. The number of esters is 1. The highest BCUT2D eigenvalue weighted by molar-refractivity contribution is 6.76. The summed E-state index contributed by atoms with van der Waals surface area (Å²) in [6, 6.07) is 12.2. The smallest absolute Gasteiger partial charge is 0.342 e. The highest BCUT2D eigenvalue weighted by Gasteiger charge is 2.43. The molecule has 268 valence electrons. The van der Waals surface area contributed by atoms with E-state index in [9.17, 15) is 9.90 Å². The van der Waals surface area contributed by atoms with E-state index in [-0.39, 0.29) is 19.0 Å². The molecular weight excluding hydrogens is 632 g/mol. The molecule has 1 N–H and O–H groups in total. The summed E-state index contributed by atoms with van der Waals surface area (Å²) in [7, 11) is 3.35. The maximum atomic E-state index is 13.4. The first-order valence-electron chi connectivity index (χ1n) is 16.7. The number of aliphatic hydroxyl groups excluding tert-OH is 1. The fourth-order valence-electron chi connectivity index (χ4n) is 5.37. The Morgan fingerprint density at radius 1 is 1.04 bits per heavy atom. The predicted molar refractivity (Wildman–Crippen MR) is 188 cm³/mol. The Bertz CT molecular complexity index is 1300. The Kier molecular flexibility index (Phi) is 15.4. The number of ether oxygens (including phenoxy) is 8. The summed E-state index contributed by atoms with van der Waals surface area (Å²) in [5, 5.41) is 11.1. The van der Waals surface area contributed by atoms with Gasteiger partial charge in [0.1, 0.15) is 35.0 Å². The topological polar surface area (TPSA) is 111 Å². The second kappa shape index (κ2) is 18.7. The molecule has 1 aliphatic rings. The second-order valence-electron chi connectivity index (χ2n) is 13.8. The van der Waals surface area contributed by atoms with Crippen LogP contribution in [0.15, 0.2) is 48.6 Å². The molecule has 2 aromatic rings. The molecule has 11 heteroatoms. The zero-order chi connectivity index (χ0) is 35.3. The van der Waals surface area contributed by atoms with Crippen LogP contribution in [0.1, 0.15) is 61.5 Å². The standard InChI is InChI=1S/C37H56O10Si/c1-26(44-24-27-16-18-29(41-5)19-17-27)12-10-14-31(38)35-32(46-37(2,3)47-35)15-11-13-28-22-30(42-6)23-33(45-25-40-4)34(28)36(39)43-20-21-48(7,8)9/h10,14,16-19,22-23,26,31-32,35,38H,11-13,15,20-21,24-25H2,1-9H3/b14-10-/t26-,31?,32+,35-/m1/s1. The average Bonchev–Trinajstić information content (AvgIpc) is 3.35. The monoisotopic (exact) mass is 688 g/mol. The van der Waals surface area contributed by atoms with Gasteiger partial charge in [-0.25, -0.2) is 4.79 Å². The van der Waals surface area contributed by atoms with Crippen molar-refractivity contribution in [2.24, 2.45) is 0 Å². The predicted octanol–water partition coefficient (Wildman–Crippen LogP) is 6.94. The van der Waals surface area contributed by atoms with Crippen molar-refractivity contribution in [2.45, 2.75) is 109 Å². The summed E-state index contributed by atoms with van der Waals surface area (Å²) in [5.74, 6) is 0.451. The van der Waals surface area contributed by atoms with Gasteiger partial charge < -0.3 is 43.0 Å². The van der Waals surface area contributed by atoms with Crippen molar-refractivity contribution in [3.05, 3.63) is 65.2 Å². The minimum atomic E-state index is -1.40. The van der Waals surface area contributed by atoms with Crippen LogP contribution >= 0.6 is 0 Å². The number of aryl methyl sites for hydroxylation is 1. The zero-order valence-corrected chi connectivity index (χ0v) is 31.2. The highest BCUT2D eigenvalue weighted by Crippen LogP contribution is 2.35. The normalized spacial score (nSPS) is 18.9. The zero-order valence-electron chi connectivity index (χ0n) is 30.2. The maximum absolute atomic E-state index is 13.4. The van der Waals surface area contributed by atoms with Gasteiger partial charge in [-0.05, 0) is 81.8 Å². The fourth-order valence-corrected chi connectivity index (χ4v) is 6.08. The van der Waals surface area contributed by atoms with Crippen LogP contribution in [-0.4, -0.2) is 84.1 Å². The average molecular weight is 689 g/mol. The van der Waals surface area contributed by atoms with Gasteiger partial charge in [-0.1, -0.05) is 43.9 Å². The van der Waals surface area contributed by atoms with Crippen molar-refractivity contribution in [1.82, 2.24) is 0 Å². The van der Waals surface area contributed by atoms with Crippen molar-refractivity contribution < 1.29 is 47.8 Å². The van der Waals surface area contributed by atoms with Gasteiger partial charge in [0.15, 0.2) is 12.6 Å². The van der Waals surface area contributed by atoms with Gasteiger partial charge >= 0.3 is 5.97 Å². The Morgan fingerprint density at radius 3 is 2.40 bits per heavy atom. The lowest BCUT2D eigenvalue weighted by Crippen LogP contribution is -2.34. The molecule has 0 aromatic heterocycles. The Balaban J connectivity index is 1.64. The van der Waals surface area contributed by atoms with Gasteiger partial charge in [0.25, 0.3) is 0 Å². The SMILES string of the molecule is COCOc1cc(OC)cc(CCC[C@@H]2OC(C)(C)O[C@@H]2C(O)/C=C\C[C@@H](C)OCc2ccc(OC)cc2)c1C(=O)OCC[Si](C)(C)C.